The van der Waals surface area contributed by atoms with Crippen LogP contribution in [0.3, 0.4) is 0 Å². The highest BCUT2D eigenvalue weighted by Gasteiger charge is 2.09. The quantitative estimate of drug-likeness (QED) is 0.879. The molecule has 1 unspecified atom stereocenters. The Balaban J connectivity index is 2.42. The van der Waals surface area contributed by atoms with E-state index in [9.17, 15) is 0 Å². The van der Waals surface area contributed by atoms with Crippen molar-refractivity contribution in [1.82, 2.24) is 0 Å². The number of anilines is 1. The summed E-state index contributed by atoms with van der Waals surface area (Å²) >= 11 is 0. The summed E-state index contributed by atoms with van der Waals surface area (Å²) in [5.74, 6) is 0.844. The van der Waals surface area contributed by atoms with Gasteiger partial charge in [0.25, 0.3) is 0 Å². The van der Waals surface area contributed by atoms with Crippen LogP contribution in [0.15, 0.2) is 28.7 Å². The highest BCUT2D eigenvalue weighted by Crippen LogP contribution is 2.27. The maximum absolute atomic E-state index is 5.82. The Kier molecular flexibility index (Phi) is 3.38. The van der Waals surface area contributed by atoms with Crippen molar-refractivity contribution < 1.29 is 4.42 Å². The van der Waals surface area contributed by atoms with E-state index in [4.69, 9.17) is 10.2 Å². The van der Waals surface area contributed by atoms with Crippen LogP contribution in [-0.4, -0.2) is 13.1 Å². The summed E-state index contributed by atoms with van der Waals surface area (Å²) < 4.78 is 5.76. The number of rotatable bonds is 4. The molecular weight excluding hydrogens is 212 g/mol. The van der Waals surface area contributed by atoms with Crippen molar-refractivity contribution in [3.05, 3.63) is 30.0 Å². The Bertz CT molecular complexity index is 498. The van der Waals surface area contributed by atoms with Crippen molar-refractivity contribution in [3.63, 3.8) is 0 Å². The number of benzene rings is 1. The standard InChI is InChI=1S/C14H20N2O/c1-4-16(5-2)12-7-6-11-8-13(10(3)15)17-14(11)9-12/h6-10H,4-5,15H2,1-3H3. The zero-order valence-electron chi connectivity index (χ0n) is 10.7. The van der Waals surface area contributed by atoms with E-state index in [2.05, 4.69) is 36.9 Å². The maximum atomic E-state index is 5.82. The van der Waals surface area contributed by atoms with Gasteiger partial charge in [-0.15, -0.1) is 0 Å². The summed E-state index contributed by atoms with van der Waals surface area (Å²) in [6.45, 7) is 8.25. The van der Waals surface area contributed by atoms with Crippen LogP contribution in [-0.2, 0) is 0 Å². The average Bonchev–Trinajstić information content (AvgIpc) is 2.74. The Morgan fingerprint density at radius 1 is 1.24 bits per heavy atom. The molecule has 3 nitrogen and oxygen atoms in total. The van der Waals surface area contributed by atoms with Crippen molar-refractivity contribution in [2.45, 2.75) is 26.8 Å². The Hall–Kier alpha value is -1.48. The highest BCUT2D eigenvalue weighted by atomic mass is 16.3. The van der Waals surface area contributed by atoms with Gasteiger partial charge in [-0.2, -0.15) is 0 Å². The third-order valence-corrected chi connectivity index (χ3v) is 3.10. The summed E-state index contributed by atoms with van der Waals surface area (Å²) in [4.78, 5) is 2.30. The molecule has 1 aromatic carbocycles. The minimum atomic E-state index is -0.0562. The molecule has 1 atom stereocenters. The van der Waals surface area contributed by atoms with Crippen molar-refractivity contribution >= 4 is 16.7 Å². The van der Waals surface area contributed by atoms with Crippen LogP contribution >= 0.6 is 0 Å². The molecule has 0 aliphatic carbocycles. The second-order valence-corrected chi connectivity index (χ2v) is 4.33. The van der Waals surface area contributed by atoms with E-state index in [1.165, 1.54) is 5.69 Å². The molecule has 3 heteroatoms. The number of nitrogens with two attached hydrogens (primary N) is 1. The monoisotopic (exact) mass is 232 g/mol. The van der Waals surface area contributed by atoms with E-state index in [0.29, 0.717) is 0 Å². The molecule has 0 saturated heterocycles. The van der Waals surface area contributed by atoms with Gasteiger partial charge in [-0.25, -0.2) is 0 Å². The van der Waals surface area contributed by atoms with Crippen LogP contribution < -0.4 is 10.6 Å². The van der Waals surface area contributed by atoms with Gasteiger partial charge < -0.3 is 15.1 Å². The molecule has 0 fully saturated rings. The lowest BCUT2D eigenvalue weighted by Crippen LogP contribution is -2.21. The fourth-order valence-electron chi connectivity index (χ4n) is 2.05. The van der Waals surface area contributed by atoms with E-state index in [0.717, 1.165) is 29.8 Å². The largest absolute Gasteiger partial charge is 0.459 e. The van der Waals surface area contributed by atoms with Crippen LogP contribution in [0.2, 0.25) is 0 Å². The van der Waals surface area contributed by atoms with Gasteiger partial charge in [0.1, 0.15) is 11.3 Å². The van der Waals surface area contributed by atoms with Gasteiger partial charge in [0.15, 0.2) is 0 Å². The molecule has 1 heterocycles. The third kappa shape index (κ3) is 2.29. The molecule has 0 spiro atoms. The highest BCUT2D eigenvalue weighted by molar-refractivity contribution is 5.82. The van der Waals surface area contributed by atoms with E-state index < -0.39 is 0 Å². The van der Waals surface area contributed by atoms with Gasteiger partial charge in [-0.05, 0) is 39.0 Å². The van der Waals surface area contributed by atoms with Crippen LogP contribution in [0.25, 0.3) is 11.0 Å². The first-order valence-electron chi connectivity index (χ1n) is 6.19. The smallest absolute Gasteiger partial charge is 0.136 e. The molecule has 0 bridgehead atoms. The summed E-state index contributed by atoms with van der Waals surface area (Å²) in [5.41, 5.74) is 7.94. The van der Waals surface area contributed by atoms with E-state index in [1.54, 1.807) is 0 Å². The summed E-state index contributed by atoms with van der Waals surface area (Å²) in [6, 6.07) is 8.29. The number of nitrogens with zero attached hydrogens (tertiary/aromatic N) is 1. The summed E-state index contributed by atoms with van der Waals surface area (Å²) in [7, 11) is 0. The first-order chi connectivity index (χ1) is 8.15. The molecule has 0 aliphatic rings. The Morgan fingerprint density at radius 2 is 1.94 bits per heavy atom. The molecule has 0 saturated carbocycles. The topological polar surface area (TPSA) is 42.4 Å². The van der Waals surface area contributed by atoms with Gasteiger partial charge in [0.05, 0.1) is 6.04 Å². The molecule has 0 radical (unpaired) electrons. The summed E-state index contributed by atoms with van der Waals surface area (Å²) in [5, 5.41) is 1.12. The lowest BCUT2D eigenvalue weighted by molar-refractivity contribution is 0.513. The SMILES string of the molecule is CCN(CC)c1ccc2cc(C(C)N)oc2c1. The maximum Gasteiger partial charge on any atom is 0.136 e. The second-order valence-electron chi connectivity index (χ2n) is 4.33. The molecule has 92 valence electrons. The third-order valence-electron chi connectivity index (χ3n) is 3.10. The number of hydrogen-bond acceptors (Lipinski definition) is 3. The second kappa shape index (κ2) is 4.80. The first kappa shape index (κ1) is 12.0. The lowest BCUT2D eigenvalue weighted by Gasteiger charge is -2.20. The van der Waals surface area contributed by atoms with Gasteiger partial charge in [0, 0.05) is 30.2 Å². The van der Waals surface area contributed by atoms with Crippen LogP contribution in [0, 0.1) is 0 Å². The number of furan rings is 1. The fourth-order valence-corrected chi connectivity index (χ4v) is 2.05. The molecule has 0 aliphatic heterocycles. The minimum absolute atomic E-state index is 0.0562. The average molecular weight is 232 g/mol. The van der Waals surface area contributed by atoms with Crippen LogP contribution in [0.4, 0.5) is 5.69 Å². The predicted molar refractivity (Wildman–Crippen MR) is 72.4 cm³/mol. The number of fused-ring (bicyclic) bond motifs is 1. The zero-order chi connectivity index (χ0) is 12.4. The van der Waals surface area contributed by atoms with Crippen molar-refractivity contribution in [3.8, 4) is 0 Å². The molecule has 2 aromatic rings. The predicted octanol–water partition coefficient (Wildman–Crippen LogP) is 3.30. The van der Waals surface area contributed by atoms with Crippen molar-refractivity contribution in [2.24, 2.45) is 5.73 Å². The van der Waals surface area contributed by atoms with E-state index in [-0.39, 0.29) is 6.04 Å². The Morgan fingerprint density at radius 3 is 2.53 bits per heavy atom. The molecular formula is C14H20N2O. The van der Waals surface area contributed by atoms with Gasteiger partial charge >= 0.3 is 0 Å². The normalized spacial score (nSPS) is 12.9. The van der Waals surface area contributed by atoms with Crippen LogP contribution in [0.5, 0.6) is 0 Å². The van der Waals surface area contributed by atoms with Crippen LogP contribution in [0.1, 0.15) is 32.6 Å². The minimum Gasteiger partial charge on any atom is -0.459 e. The lowest BCUT2D eigenvalue weighted by atomic mass is 10.2. The Labute approximate surface area is 102 Å². The van der Waals surface area contributed by atoms with Gasteiger partial charge in [-0.1, -0.05) is 0 Å². The fraction of sp³-hybridized carbons (Fsp3) is 0.429. The molecule has 1 aromatic heterocycles. The van der Waals surface area contributed by atoms with E-state index >= 15 is 0 Å². The zero-order valence-corrected chi connectivity index (χ0v) is 10.7. The van der Waals surface area contributed by atoms with E-state index in [1.807, 2.05) is 13.0 Å². The molecule has 2 N–H and O–H groups in total. The van der Waals surface area contributed by atoms with Gasteiger partial charge in [0.2, 0.25) is 0 Å². The first-order valence-corrected chi connectivity index (χ1v) is 6.19. The summed E-state index contributed by atoms with van der Waals surface area (Å²) in [6.07, 6.45) is 0. The molecule has 2 rings (SSSR count). The van der Waals surface area contributed by atoms with Crippen molar-refractivity contribution in [2.75, 3.05) is 18.0 Å². The molecule has 0 amide bonds. The van der Waals surface area contributed by atoms with Gasteiger partial charge in [-0.3, -0.25) is 0 Å². The molecule has 17 heavy (non-hydrogen) atoms. The number of hydrogen-bond donors (Lipinski definition) is 1. The van der Waals surface area contributed by atoms with Crippen molar-refractivity contribution in [1.29, 1.82) is 0 Å².